The van der Waals surface area contributed by atoms with E-state index in [0.29, 0.717) is 34.1 Å². The van der Waals surface area contributed by atoms with E-state index in [1.807, 2.05) is 16.7 Å². The lowest BCUT2D eigenvalue weighted by molar-refractivity contribution is -0.113. The summed E-state index contributed by atoms with van der Waals surface area (Å²) in [5.74, 6) is 2.88. The van der Waals surface area contributed by atoms with Crippen LogP contribution < -0.4 is 15.0 Å². The van der Waals surface area contributed by atoms with Crippen molar-refractivity contribution in [2.75, 3.05) is 36.2 Å². The molecule has 1 aliphatic rings. The highest BCUT2D eigenvalue weighted by Gasteiger charge is 2.24. The average molecular weight is 476 g/mol. The van der Waals surface area contributed by atoms with Crippen LogP contribution in [-0.2, 0) is 11.3 Å². The van der Waals surface area contributed by atoms with Gasteiger partial charge in [-0.3, -0.25) is 9.36 Å². The molecule has 170 valence electrons. The van der Waals surface area contributed by atoms with Crippen LogP contribution in [0.5, 0.6) is 5.75 Å². The van der Waals surface area contributed by atoms with Crippen LogP contribution in [0.15, 0.2) is 46.2 Å². The maximum absolute atomic E-state index is 12.6. The Morgan fingerprint density at radius 1 is 1.31 bits per heavy atom. The van der Waals surface area contributed by atoms with Crippen LogP contribution in [0.2, 0.25) is 5.02 Å². The van der Waals surface area contributed by atoms with Crippen molar-refractivity contribution in [2.24, 2.45) is 5.92 Å². The molecule has 0 bridgehead atoms. The quantitative estimate of drug-likeness (QED) is 0.478. The molecule has 3 heterocycles. The summed E-state index contributed by atoms with van der Waals surface area (Å²) in [5.41, 5.74) is 0.533. The molecule has 1 fully saturated rings. The van der Waals surface area contributed by atoms with Gasteiger partial charge in [-0.2, -0.15) is 0 Å². The molecule has 10 heteroatoms. The standard InChI is InChI=1S/C22H26ClN5O3S/c1-15-7-9-27(10-8-15)21-25-26-22(28(21)13-17-4-3-11-31-17)32-14-20(29)24-18-12-16(23)5-6-19(18)30-2/h3-6,11-12,15H,7-10,13-14H2,1-2H3,(H,24,29). The zero-order chi connectivity index (χ0) is 22.5. The average Bonchev–Trinajstić information content (AvgIpc) is 3.44. The zero-order valence-electron chi connectivity index (χ0n) is 18.1. The predicted octanol–water partition coefficient (Wildman–Crippen LogP) is 4.55. The number of ether oxygens (including phenoxy) is 1. The lowest BCUT2D eigenvalue weighted by Crippen LogP contribution is -2.35. The Hall–Kier alpha value is -2.65. The molecular weight excluding hydrogens is 450 g/mol. The number of hydrogen-bond acceptors (Lipinski definition) is 7. The minimum atomic E-state index is -0.184. The Labute approximate surface area is 196 Å². The summed E-state index contributed by atoms with van der Waals surface area (Å²) in [6.45, 7) is 4.67. The molecular formula is C22H26ClN5O3S. The highest BCUT2D eigenvalue weighted by atomic mass is 35.5. The van der Waals surface area contributed by atoms with Crippen molar-refractivity contribution < 1.29 is 13.9 Å². The molecule has 2 aromatic heterocycles. The van der Waals surface area contributed by atoms with Crippen molar-refractivity contribution in [1.29, 1.82) is 0 Å². The molecule has 8 nitrogen and oxygen atoms in total. The number of furan rings is 1. The molecule has 1 aromatic carbocycles. The van der Waals surface area contributed by atoms with Crippen molar-refractivity contribution in [3.05, 3.63) is 47.4 Å². The van der Waals surface area contributed by atoms with Gasteiger partial charge in [0.1, 0.15) is 11.5 Å². The van der Waals surface area contributed by atoms with Crippen LogP contribution in [0.4, 0.5) is 11.6 Å². The molecule has 1 saturated heterocycles. The number of piperidine rings is 1. The van der Waals surface area contributed by atoms with Crippen LogP contribution in [0, 0.1) is 5.92 Å². The Kier molecular flexibility index (Phi) is 7.26. The highest BCUT2D eigenvalue weighted by molar-refractivity contribution is 7.99. The van der Waals surface area contributed by atoms with Crippen LogP contribution in [-0.4, -0.2) is 46.6 Å². The molecule has 32 heavy (non-hydrogen) atoms. The second-order valence-corrected chi connectivity index (χ2v) is 9.18. The summed E-state index contributed by atoms with van der Waals surface area (Å²) >= 11 is 7.39. The number of amides is 1. The SMILES string of the molecule is COc1ccc(Cl)cc1NC(=O)CSc1nnc(N2CCC(C)CC2)n1Cc1ccco1. The van der Waals surface area contributed by atoms with E-state index in [2.05, 4.69) is 27.3 Å². The lowest BCUT2D eigenvalue weighted by atomic mass is 10.00. The predicted molar refractivity (Wildman–Crippen MR) is 126 cm³/mol. The highest BCUT2D eigenvalue weighted by Crippen LogP contribution is 2.29. The Balaban J connectivity index is 1.48. The van der Waals surface area contributed by atoms with Crippen molar-refractivity contribution in [2.45, 2.75) is 31.5 Å². The number of carbonyl (C=O) groups is 1. The number of halogens is 1. The molecule has 3 aromatic rings. The normalized spacial score (nSPS) is 14.5. The minimum absolute atomic E-state index is 0.170. The number of nitrogens with zero attached hydrogens (tertiary/aromatic N) is 4. The fourth-order valence-electron chi connectivity index (χ4n) is 3.62. The topological polar surface area (TPSA) is 85.4 Å². The van der Waals surface area contributed by atoms with Crippen molar-refractivity contribution in [3.63, 3.8) is 0 Å². The zero-order valence-corrected chi connectivity index (χ0v) is 19.7. The number of thioether (sulfide) groups is 1. The van der Waals surface area contributed by atoms with Crippen LogP contribution in [0.25, 0.3) is 0 Å². The number of nitrogens with one attached hydrogen (secondary N) is 1. The Morgan fingerprint density at radius 3 is 2.84 bits per heavy atom. The molecule has 1 aliphatic heterocycles. The first-order chi connectivity index (χ1) is 15.5. The van der Waals surface area contributed by atoms with E-state index in [9.17, 15) is 4.79 Å². The fraction of sp³-hybridized carbons (Fsp3) is 0.409. The van der Waals surface area contributed by atoms with Gasteiger partial charge in [-0.25, -0.2) is 0 Å². The Morgan fingerprint density at radius 2 is 2.12 bits per heavy atom. The third kappa shape index (κ3) is 5.39. The third-order valence-electron chi connectivity index (χ3n) is 5.43. The summed E-state index contributed by atoms with van der Waals surface area (Å²) in [4.78, 5) is 14.9. The summed E-state index contributed by atoms with van der Waals surface area (Å²) in [6, 6.07) is 8.88. The first-order valence-electron chi connectivity index (χ1n) is 10.5. The van der Waals surface area contributed by atoms with Crippen LogP contribution in [0.1, 0.15) is 25.5 Å². The van der Waals surface area contributed by atoms with E-state index in [4.69, 9.17) is 20.8 Å². The van der Waals surface area contributed by atoms with Gasteiger partial charge in [-0.15, -0.1) is 10.2 Å². The van der Waals surface area contributed by atoms with Crippen molar-refractivity contribution in [1.82, 2.24) is 14.8 Å². The van der Waals surface area contributed by atoms with E-state index in [0.717, 1.165) is 37.6 Å². The molecule has 0 radical (unpaired) electrons. The number of carbonyl (C=O) groups excluding carboxylic acids is 1. The molecule has 0 aliphatic carbocycles. The van der Waals surface area contributed by atoms with Gasteiger partial charge in [0.05, 0.1) is 31.4 Å². The van der Waals surface area contributed by atoms with Crippen molar-refractivity contribution in [3.8, 4) is 5.75 Å². The summed E-state index contributed by atoms with van der Waals surface area (Å²) in [5, 5.41) is 12.9. The van der Waals surface area contributed by atoms with Gasteiger partial charge in [0.2, 0.25) is 11.9 Å². The third-order valence-corrected chi connectivity index (χ3v) is 6.63. The second kappa shape index (κ2) is 10.3. The number of methoxy groups -OCH3 is 1. The smallest absolute Gasteiger partial charge is 0.234 e. The molecule has 0 spiro atoms. The fourth-order valence-corrected chi connectivity index (χ4v) is 4.53. The van der Waals surface area contributed by atoms with Gasteiger partial charge in [0.15, 0.2) is 5.16 Å². The molecule has 0 atom stereocenters. The number of benzene rings is 1. The second-order valence-electron chi connectivity index (χ2n) is 7.80. The van der Waals surface area contributed by atoms with E-state index < -0.39 is 0 Å². The van der Waals surface area contributed by atoms with Gasteiger partial charge in [-0.05, 0) is 49.1 Å². The number of rotatable bonds is 8. The molecule has 0 unspecified atom stereocenters. The van der Waals surface area contributed by atoms with E-state index >= 15 is 0 Å². The number of hydrogen-bond donors (Lipinski definition) is 1. The lowest BCUT2D eigenvalue weighted by Gasteiger charge is -2.31. The summed E-state index contributed by atoms with van der Waals surface area (Å²) in [6.07, 6.45) is 3.90. The first-order valence-corrected chi connectivity index (χ1v) is 11.9. The van der Waals surface area contributed by atoms with E-state index in [1.165, 1.54) is 11.8 Å². The molecule has 0 saturated carbocycles. The minimum Gasteiger partial charge on any atom is -0.495 e. The largest absolute Gasteiger partial charge is 0.495 e. The summed E-state index contributed by atoms with van der Waals surface area (Å²) in [7, 11) is 1.55. The molecule has 4 rings (SSSR count). The number of aromatic nitrogens is 3. The van der Waals surface area contributed by atoms with Gasteiger partial charge < -0.3 is 19.4 Å². The molecule has 1 N–H and O–H groups in total. The summed E-state index contributed by atoms with van der Waals surface area (Å²) < 4.78 is 12.9. The molecule has 1 amide bonds. The maximum Gasteiger partial charge on any atom is 0.234 e. The Bertz CT molecular complexity index is 1050. The maximum atomic E-state index is 12.6. The number of anilines is 2. The van der Waals surface area contributed by atoms with Gasteiger partial charge in [-0.1, -0.05) is 30.3 Å². The monoisotopic (exact) mass is 475 g/mol. The van der Waals surface area contributed by atoms with Gasteiger partial charge >= 0.3 is 0 Å². The van der Waals surface area contributed by atoms with Crippen LogP contribution >= 0.6 is 23.4 Å². The van der Waals surface area contributed by atoms with E-state index in [-0.39, 0.29) is 11.7 Å². The van der Waals surface area contributed by atoms with Gasteiger partial charge in [0, 0.05) is 18.1 Å². The van der Waals surface area contributed by atoms with E-state index in [1.54, 1.807) is 31.6 Å². The van der Waals surface area contributed by atoms with Crippen molar-refractivity contribution >= 4 is 40.9 Å². The van der Waals surface area contributed by atoms with Gasteiger partial charge in [0.25, 0.3) is 0 Å². The first kappa shape index (κ1) is 22.5. The van der Waals surface area contributed by atoms with Crippen LogP contribution in [0.3, 0.4) is 0 Å².